The molecule has 0 radical (unpaired) electrons. The number of nitrogens with zero attached hydrogens (tertiary/aromatic N) is 3. The van der Waals surface area contributed by atoms with Crippen LogP contribution in [0.4, 0.5) is 5.69 Å². The lowest BCUT2D eigenvalue weighted by Crippen LogP contribution is -2.50. The normalized spacial score (nSPS) is 16.3. The van der Waals surface area contributed by atoms with Crippen LogP contribution in [0, 0.1) is 6.92 Å². The molecule has 1 atom stereocenters. The standard InChI is InChI=1S/C27H23Cl2N3O/c1-18-6-11-25(23(29)14-18)32-13-12-31(17-26(32)19-7-9-22(28)10-8-19)27(33)21-15-20-4-2-3-5-24(20)30-16-21/h2-11,14-16,26H,12-13,17H2,1H3. The molecule has 1 aliphatic rings. The molecule has 6 heteroatoms. The maximum atomic E-state index is 13.4. The Kier molecular flexibility index (Phi) is 5.96. The molecule has 3 aromatic carbocycles. The van der Waals surface area contributed by atoms with Crippen molar-refractivity contribution in [2.75, 3.05) is 24.5 Å². The van der Waals surface area contributed by atoms with Gasteiger partial charge >= 0.3 is 0 Å². The van der Waals surface area contributed by atoms with Crippen molar-refractivity contribution >= 4 is 45.7 Å². The molecule has 0 saturated carbocycles. The van der Waals surface area contributed by atoms with E-state index in [-0.39, 0.29) is 11.9 Å². The van der Waals surface area contributed by atoms with Crippen molar-refractivity contribution in [2.45, 2.75) is 13.0 Å². The van der Waals surface area contributed by atoms with Gasteiger partial charge in [0.25, 0.3) is 5.91 Å². The van der Waals surface area contributed by atoms with Crippen molar-refractivity contribution in [2.24, 2.45) is 0 Å². The number of aromatic nitrogens is 1. The van der Waals surface area contributed by atoms with Gasteiger partial charge in [0, 0.05) is 36.2 Å². The highest BCUT2D eigenvalue weighted by molar-refractivity contribution is 6.33. The number of para-hydroxylation sites is 1. The third-order valence-electron chi connectivity index (χ3n) is 6.17. The number of piperazine rings is 1. The molecule has 1 amide bonds. The highest BCUT2D eigenvalue weighted by Crippen LogP contribution is 2.36. The van der Waals surface area contributed by atoms with Gasteiger partial charge in [-0.1, -0.05) is 59.6 Å². The highest BCUT2D eigenvalue weighted by atomic mass is 35.5. The van der Waals surface area contributed by atoms with E-state index in [1.165, 1.54) is 0 Å². The number of carbonyl (C=O) groups excluding carboxylic acids is 1. The molecular formula is C27H23Cl2N3O. The Morgan fingerprint density at radius 3 is 2.55 bits per heavy atom. The van der Waals surface area contributed by atoms with Gasteiger partial charge in [0.05, 0.1) is 27.8 Å². The smallest absolute Gasteiger partial charge is 0.255 e. The van der Waals surface area contributed by atoms with Crippen molar-refractivity contribution in [1.29, 1.82) is 0 Å². The molecule has 166 valence electrons. The van der Waals surface area contributed by atoms with E-state index in [9.17, 15) is 4.79 Å². The van der Waals surface area contributed by atoms with E-state index in [2.05, 4.69) is 22.0 Å². The number of aryl methyl sites for hydroxylation is 1. The minimum absolute atomic E-state index is 0.0122. The van der Waals surface area contributed by atoms with Gasteiger partial charge in [-0.2, -0.15) is 0 Å². The highest BCUT2D eigenvalue weighted by Gasteiger charge is 2.32. The van der Waals surface area contributed by atoms with Crippen LogP contribution in [-0.2, 0) is 0 Å². The molecule has 0 N–H and O–H groups in total. The lowest BCUT2D eigenvalue weighted by atomic mass is 10.00. The number of rotatable bonds is 3. The number of hydrogen-bond acceptors (Lipinski definition) is 3. The molecule has 0 spiro atoms. The average Bonchev–Trinajstić information content (AvgIpc) is 2.84. The molecule has 0 aliphatic carbocycles. The fraction of sp³-hybridized carbons (Fsp3) is 0.185. The van der Waals surface area contributed by atoms with Gasteiger partial charge in [-0.3, -0.25) is 9.78 Å². The summed E-state index contributed by atoms with van der Waals surface area (Å²) >= 11 is 12.8. The summed E-state index contributed by atoms with van der Waals surface area (Å²) < 4.78 is 0. The summed E-state index contributed by atoms with van der Waals surface area (Å²) in [6.07, 6.45) is 1.67. The SMILES string of the molecule is Cc1ccc(N2CCN(C(=O)c3cnc4ccccc4c3)CC2c2ccc(Cl)cc2)c(Cl)c1. The third-order valence-corrected chi connectivity index (χ3v) is 6.73. The van der Waals surface area contributed by atoms with Crippen LogP contribution in [0.3, 0.4) is 0 Å². The zero-order valence-corrected chi connectivity index (χ0v) is 19.7. The first-order valence-electron chi connectivity index (χ1n) is 10.9. The Balaban J connectivity index is 1.48. The molecule has 5 rings (SSSR count). The molecular weight excluding hydrogens is 453 g/mol. The van der Waals surface area contributed by atoms with Crippen LogP contribution in [0.5, 0.6) is 0 Å². The number of hydrogen-bond donors (Lipinski definition) is 0. The molecule has 2 heterocycles. The van der Waals surface area contributed by atoms with E-state index in [1.54, 1.807) is 6.20 Å². The molecule has 1 aliphatic heterocycles. The Bertz CT molecular complexity index is 1320. The van der Waals surface area contributed by atoms with E-state index < -0.39 is 0 Å². The first kappa shape index (κ1) is 21.7. The number of halogens is 2. The summed E-state index contributed by atoms with van der Waals surface area (Å²) in [5.74, 6) is -0.0122. The summed E-state index contributed by atoms with van der Waals surface area (Å²) in [4.78, 5) is 22.1. The molecule has 4 nitrogen and oxygen atoms in total. The van der Waals surface area contributed by atoms with E-state index in [1.807, 2.05) is 72.5 Å². The molecule has 1 saturated heterocycles. The first-order chi connectivity index (χ1) is 16.0. The van der Waals surface area contributed by atoms with Crippen molar-refractivity contribution in [3.63, 3.8) is 0 Å². The van der Waals surface area contributed by atoms with E-state index in [4.69, 9.17) is 23.2 Å². The fourth-order valence-electron chi connectivity index (χ4n) is 4.44. The van der Waals surface area contributed by atoms with Crippen LogP contribution < -0.4 is 4.90 Å². The van der Waals surface area contributed by atoms with Gasteiger partial charge in [-0.25, -0.2) is 0 Å². The number of fused-ring (bicyclic) bond motifs is 1. The monoisotopic (exact) mass is 475 g/mol. The molecule has 1 fully saturated rings. The number of anilines is 1. The van der Waals surface area contributed by atoms with E-state index >= 15 is 0 Å². The first-order valence-corrected chi connectivity index (χ1v) is 11.7. The maximum absolute atomic E-state index is 13.4. The summed E-state index contributed by atoms with van der Waals surface area (Å²) in [6.45, 7) is 3.83. The zero-order valence-electron chi connectivity index (χ0n) is 18.2. The van der Waals surface area contributed by atoms with Gasteiger partial charge in [-0.05, 0) is 54.4 Å². The second kappa shape index (κ2) is 9.05. The van der Waals surface area contributed by atoms with Gasteiger partial charge in [0.15, 0.2) is 0 Å². The lowest BCUT2D eigenvalue weighted by Gasteiger charge is -2.43. The topological polar surface area (TPSA) is 36.4 Å². The minimum Gasteiger partial charge on any atom is -0.360 e. The van der Waals surface area contributed by atoms with Gasteiger partial charge < -0.3 is 9.80 Å². The van der Waals surface area contributed by atoms with E-state index in [0.29, 0.717) is 35.2 Å². The van der Waals surface area contributed by atoms with Gasteiger partial charge in [0.2, 0.25) is 0 Å². The third kappa shape index (κ3) is 4.41. The lowest BCUT2D eigenvalue weighted by molar-refractivity contribution is 0.0721. The number of benzene rings is 3. The van der Waals surface area contributed by atoms with Crippen molar-refractivity contribution < 1.29 is 4.79 Å². The van der Waals surface area contributed by atoms with Crippen LogP contribution in [0.1, 0.15) is 27.5 Å². The van der Waals surface area contributed by atoms with Crippen LogP contribution in [0.15, 0.2) is 79.0 Å². The predicted molar refractivity (Wildman–Crippen MR) is 135 cm³/mol. The Labute approximate surface area is 203 Å². The van der Waals surface area contributed by atoms with Gasteiger partial charge in [0.1, 0.15) is 0 Å². The maximum Gasteiger partial charge on any atom is 0.255 e. The van der Waals surface area contributed by atoms with Crippen LogP contribution in [-0.4, -0.2) is 35.4 Å². The van der Waals surface area contributed by atoms with Crippen LogP contribution in [0.25, 0.3) is 10.9 Å². The van der Waals surface area contributed by atoms with Crippen molar-refractivity contribution in [3.8, 4) is 0 Å². The summed E-state index contributed by atoms with van der Waals surface area (Å²) in [5.41, 5.74) is 4.66. The second-order valence-electron chi connectivity index (χ2n) is 8.38. The van der Waals surface area contributed by atoms with Crippen molar-refractivity contribution in [1.82, 2.24) is 9.88 Å². The molecule has 33 heavy (non-hydrogen) atoms. The number of amides is 1. The molecule has 1 aromatic heterocycles. The minimum atomic E-state index is -0.0476. The Hall–Kier alpha value is -3.08. The fourth-order valence-corrected chi connectivity index (χ4v) is 4.91. The molecule has 0 bridgehead atoms. The van der Waals surface area contributed by atoms with Crippen LogP contribution >= 0.6 is 23.2 Å². The van der Waals surface area contributed by atoms with E-state index in [0.717, 1.165) is 27.7 Å². The zero-order chi connectivity index (χ0) is 22.9. The summed E-state index contributed by atoms with van der Waals surface area (Å²) in [7, 11) is 0. The van der Waals surface area contributed by atoms with Crippen LogP contribution in [0.2, 0.25) is 10.0 Å². The largest absolute Gasteiger partial charge is 0.360 e. The van der Waals surface area contributed by atoms with Gasteiger partial charge in [-0.15, -0.1) is 0 Å². The second-order valence-corrected chi connectivity index (χ2v) is 9.23. The summed E-state index contributed by atoms with van der Waals surface area (Å²) in [6, 6.07) is 23.6. The predicted octanol–water partition coefficient (Wildman–Crippen LogP) is 6.55. The Morgan fingerprint density at radius 1 is 0.970 bits per heavy atom. The molecule has 4 aromatic rings. The average molecular weight is 476 g/mol. The quantitative estimate of drug-likeness (QED) is 0.336. The number of pyridine rings is 1. The summed E-state index contributed by atoms with van der Waals surface area (Å²) in [5, 5.41) is 2.36. The Morgan fingerprint density at radius 2 is 1.76 bits per heavy atom. The molecule has 1 unspecified atom stereocenters. The van der Waals surface area contributed by atoms with Crippen molar-refractivity contribution in [3.05, 3.63) is 106 Å². The number of carbonyl (C=O) groups is 1.